The van der Waals surface area contributed by atoms with Gasteiger partial charge in [0.1, 0.15) is 11.3 Å². The summed E-state index contributed by atoms with van der Waals surface area (Å²) in [4.78, 5) is 19.6. The Bertz CT molecular complexity index is 1670. The van der Waals surface area contributed by atoms with Crippen molar-refractivity contribution in [1.82, 2.24) is 24.1 Å². The zero-order chi connectivity index (χ0) is 28.1. The van der Waals surface area contributed by atoms with Crippen LogP contribution in [0, 0.1) is 18.8 Å². The minimum atomic E-state index is -4.86. The molecule has 0 spiro atoms. The first kappa shape index (κ1) is 25.5. The highest BCUT2D eigenvalue weighted by Gasteiger charge is 2.52. The Balaban J connectivity index is 1.30. The van der Waals surface area contributed by atoms with Crippen LogP contribution in [-0.4, -0.2) is 59.9 Å². The van der Waals surface area contributed by atoms with Gasteiger partial charge in [-0.15, -0.1) is 0 Å². The molecule has 3 fully saturated rings. The molecule has 4 aromatic rings. The van der Waals surface area contributed by atoms with Gasteiger partial charge in [0.15, 0.2) is 5.60 Å². The highest BCUT2D eigenvalue weighted by molar-refractivity contribution is 5.95. The van der Waals surface area contributed by atoms with E-state index in [-0.39, 0.29) is 18.0 Å². The monoisotopic (exact) mass is 552 g/mol. The molecule has 4 atom stereocenters. The van der Waals surface area contributed by atoms with Crippen LogP contribution in [0.1, 0.15) is 54.2 Å². The summed E-state index contributed by atoms with van der Waals surface area (Å²) in [5.74, 6) is 0.723. The zero-order valence-electron chi connectivity index (χ0n) is 22.3. The van der Waals surface area contributed by atoms with Gasteiger partial charge >= 0.3 is 6.18 Å². The molecule has 1 saturated heterocycles. The first-order valence-corrected chi connectivity index (χ1v) is 13.8. The summed E-state index contributed by atoms with van der Waals surface area (Å²) in [5, 5.41) is 15.8. The van der Waals surface area contributed by atoms with E-state index in [1.54, 1.807) is 16.8 Å². The number of likely N-dealkylation sites (tertiary alicyclic amines) is 1. The number of nitrogens with zero attached hydrogens (tertiary/aromatic N) is 5. The summed E-state index contributed by atoms with van der Waals surface area (Å²) in [6.45, 7) is 3.95. The highest BCUT2D eigenvalue weighted by Crippen LogP contribution is 2.41. The van der Waals surface area contributed by atoms with Crippen LogP contribution >= 0.6 is 0 Å². The zero-order valence-corrected chi connectivity index (χ0v) is 22.3. The maximum Gasteiger partial charge on any atom is 0.422 e. The predicted octanol–water partition coefficient (Wildman–Crippen LogP) is 4.40. The molecule has 1 amide bonds. The molecule has 2 aliphatic carbocycles. The van der Waals surface area contributed by atoms with Gasteiger partial charge in [0, 0.05) is 42.3 Å². The van der Waals surface area contributed by atoms with Crippen LogP contribution < -0.4 is 5.73 Å². The number of rotatable bonds is 5. The predicted molar refractivity (Wildman–Crippen MR) is 143 cm³/mol. The van der Waals surface area contributed by atoms with Crippen LogP contribution in [-0.2, 0) is 12.1 Å². The van der Waals surface area contributed by atoms with Crippen LogP contribution in [0.15, 0.2) is 36.5 Å². The second kappa shape index (κ2) is 8.53. The van der Waals surface area contributed by atoms with E-state index >= 15 is 0 Å². The van der Waals surface area contributed by atoms with E-state index < -0.39 is 17.5 Å². The van der Waals surface area contributed by atoms with Gasteiger partial charge in [0.25, 0.3) is 5.91 Å². The highest BCUT2D eigenvalue weighted by atomic mass is 19.4. The summed E-state index contributed by atoms with van der Waals surface area (Å²) in [6, 6.07) is 8.51. The molecule has 5 heterocycles. The second-order valence-electron chi connectivity index (χ2n) is 11.9. The normalized spacial score (nSPS) is 24.4. The molecular formula is C29H31F3N6O2. The largest absolute Gasteiger partial charge is 0.422 e. The lowest BCUT2D eigenvalue weighted by Crippen LogP contribution is -2.41. The molecule has 210 valence electrons. The molecule has 3 aliphatic rings. The molecular weight excluding hydrogens is 521 g/mol. The van der Waals surface area contributed by atoms with Gasteiger partial charge in [0.2, 0.25) is 0 Å². The number of fused-ring (bicyclic) bond motifs is 4. The number of aromatic nitrogens is 4. The summed E-state index contributed by atoms with van der Waals surface area (Å²) < 4.78 is 44.4. The number of piperidine rings is 1. The fourth-order valence-corrected chi connectivity index (χ4v) is 6.47. The third kappa shape index (κ3) is 3.77. The average Bonchev–Trinajstić information content (AvgIpc) is 3.32. The van der Waals surface area contributed by atoms with Crippen LogP contribution in [0.2, 0.25) is 0 Å². The number of aryl methyl sites for hydroxylation is 1. The average molecular weight is 553 g/mol. The molecule has 1 aliphatic heterocycles. The number of nitrogens with two attached hydrogens (primary N) is 1. The van der Waals surface area contributed by atoms with Crippen molar-refractivity contribution in [2.24, 2.45) is 17.6 Å². The quantitative estimate of drug-likeness (QED) is 0.382. The van der Waals surface area contributed by atoms with Crippen LogP contribution in [0.5, 0.6) is 0 Å². The number of hydrogen-bond donors (Lipinski definition) is 2. The van der Waals surface area contributed by atoms with E-state index in [4.69, 9.17) is 10.8 Å². The Morgan fingerprint density at radius 2 is 1.93 bits per heavy atom. The van der Waals surface area contributed by atoms with Crippen molar-refractivity contribution >= 4 is 22.5 Å². The number of carbonyl (C=O) groups is 1. The van der Waals surface area contributed by atoms with Crippen molar-refractivity contribution < 1.29 is 23.1 Å². The van der Waals surface area contributed by atoms with Crippen molar-refractivity contribution in [3.8, 4) is 11.4 Å². The van der Waals surface area contributed by atoms with Crippen molar-refractivity contribution in [3.05, 3.63) is 53.3 Å². The Morgan fingerprint density at radius 3 is 2.58 bits per heavy atom. The van der Waals surface area contributed by atoms with Crippen molar-refractivity contribution in [3.63, 3.8) is 0 Å². The third-order valence-corrected chi connectivity index (χ3v) is 9.21. The summed E-state index contributed by atoms with van der Waals surface area (Å²) in [5.41, 5.74) is 6.88. The topological polar surface area (TPSA) is 102 Å². The maximum atomic E-state index is 13.6. The number of amides is 1. The van der Waals surface area contributed by atoms with E-state index in [1.807, 2.05) is 34.6 Å². The molecule has 0 radical (unpaired) electrons. The van der Waals surface area contributed by atoms with Gasteiger partial charge < -0.3 is 20.3 Å². The molecule has 0 aromatic carbocycles. The van der Waals surface area contributed by atoms with E-state index in [0.717, 1.165) is 49.4 Å². The van der Waals surface area contributed by atoms with Crippen LogP contribution in [0.3, 0.4) is 0 Å². The lowest BCUT2D eigenvalue weighted by atomic mass is 10.0. The van der Waals surface area contributed by atoms with Gasteiger partial charge in [-0.2, -0.15) is 18.3 Å². The Morgan fingerprint density at radius 1 is 1.15 bits per heavy atom. The molecule has 2 saturated carbocycles. The number of alkyl halides is 3. The standard InChI is InChI=1S/C29H31F3N6O2/c1-15-20-8-6-19(27(39)37-13-18-5-9-21(37)24(18)33)14-38(20)35-25(15)22-11-17-7-10-23(28(2,40)29(30,31)32)34-26(17)36(22)12-16-3-4-16/h6-8,10-11,14,16,18,21,24,40H,3-5,9,12-13,33H2,1-2H3/t18?,21?,24-,28?/m1/s1. The number of aliphatic hydroxyl groups is 1. The smallest absolute Gasteiger partial charge is 0.375 e. The molecule has 2 bridgehead atoms. The van der Waals surface area contributed by atoms with E-state index in [1.165, 1.54) is 6.07 Å². The fourth-order valence-electron chi connectivity index (χ4n) is 6.47. The molecule has 11 heteroatoms. The van der Waals surface area contributed by atoms with Gasteiger partial charge in [-0.05, 0) is 81.7 Å². The lowest BCUT2D eigenvalue weighted by Gasteiger charge is -2.27. The van der Waals surface area contributed by atoms with Gasteiger partial charge in [-0.3, -0.25) is 4.79 Å². The number of hydrogen-bond acceptors (Lipinski definition) is 5. The fraction of sp³-hybridized carbons (Fsp3) is 0.483. The number of halogens is 3. The van der Waals surface area contributed by atoms with Crippen molar-refractivity contribution in [2.75, 3.05) is 6.54 Å². The first-order valence-electron chi connectivity index (χ1n) is 13.8. The summed E-state index contributed by atoms with van der Waals surface area (Å²) in [6.07, 6.45) is 0.959. The molecule has 3 N–H and O–H groups in total. The van der Waals surface area contributed by atoms with Crippen LogP contribution in [0.4, 0.5) is 13.2 Å². The maximum absolute atomic E-state index is 13.6. The third-order valence-electron chi connectivity index (χ3n) is 9.21. The molecule has 7 rings (SSSR count). The van der Waals surface area contributed by atoms with Gasteiger partial charge in [0.05, 0.1) is 22.5 Å². The van der Waals surface area contributed by atoms with E-state index in [9.17, 15) is 23.1 Å². The van der Waals surface area contributed by atoms with Crippen molar-refractivity contribution in [2.45, 2.75) is 69.9 Å². The Kier molecular flexibility index (Phi) is 5.44. The second-order valence-corrected chi connectivity index (χ2v) is 11.9. The molecule has 40 heavy (non-hydrogen) atoms. The van der Waals surface area contributed by atoms with Crippen LogP contribution in [0.25, 0.3) is 27.9 Å². The molecule has 3 unspecified atom stereocenters. The Hall–Kier alpha value is -3.44. The van der Waals surface area contributed by atoms with E-state index in [2.05, 4.69) is 4.98 Å². The Labute approximate surface area is 228 Å². The van der Waals surface area contributed by atoms with Gasteiger partial charge in [-0.25, -0.2) is 9.50 Å². The molecule has 8 nitrogen and oxygen atoms in total. The van der Waals surface area contributed by atoms with E-state index in [0.29, 0.717) is 47.2 Å². The first-order chi connectivity index (χ1) is 18.9. The molecule has 4 aromatic heterocycles. The van der Waals surface area contributed by atoms with Crippen molar-refractivity contribution in [1.29, 1.82) is 0 Å². The lowest BCUT2D eigenvalue weighted by molar-refractivity contribution is -0.260. The number of pyridine rings is 2. The summed E-state index contributed by atoms with van der Waals surface area (Å²) in [7, 11) is 0. The minimum absolute atomic E-state index is 0.0357. The summed E-state index contributed by atoms with van der Waals surface area (Å²) >= 11 is 0. The number of carbonyl (C=O) groups excluding carboxylic acids is 1. The van der Waals surface area contributed by atoms with Gasteiger partial charge in [-0.1, -0.05) is 0 Å². The minimum Gasteiger partial charge on any atom is -0.375 e. The SMILES string of the molecule is Cc1c(-c2cc3ccc(C(C)(O)C(F)(F)F)nc3n2CC2CC2)nn2cc(C(=O)N3CC4CCC3[C@@H]4N)ccc12.